The molecule has 1 fully saturated rings. The first-order chi connectivity index (χ1) is 8.04. The quantitative estimate of drug-likeness (QED) is 0.826. The summed E-state index contributed by atoms with van der Waals surface area (Å²) in [5.41, 5.74) is 9.30. The average molecular weight is 231 g/mol. The van der Waals surface area contributed by atoms with Crippen LogP contribution in [0.1, 0.15) is 63.6 Å². The third-order valence-corrected chi connectivity index (χ3v) is 4.62. The van der Waals surface area contributed by atoms with Crippen LogP contribution in [0.2, 0.25) is 0 Å². The van der Waals surface area contributed by atoms with Crippen molar-refractivity contribution in [2.24, 2.45) is 11.7 Å². The fourth-order valence-electron chi connectivity index (χ4n) is 2.43. The molecule has 1 aromatic rings. The summed E-state index contributed by atoms with van der Waals surface area (Å²) in [4.78, 5) is 0. The highest BCUT2D eigenvalue weighted by Gasteiger charge is 2.26. The van der Waals surface area contributed by atoms with Crippen LogP contribution in [-0.2, 0) is 5.41 Å². The Morgan fingerprint density at radius 2 is 1.82 bits per heavy atom. The minimum absolute atomic E-state index is 0.252. The van der Waals surface area contributed by atoms with E-state index in [1.807, 2.05) is 0 Å². The maximum absolute atomic E-state index is 6.29. The van der Waals surface area contributed by atoms with E-state index in [0.29, 0.717) is 0 Å². The van der Waals surface area contributed by atoms with Gasteiger partial charge in [-0.05, 0) is 41.7 Å². The molecule has 1 saturated carbocycles. The minimum Gasteiger partial charge on any atom is -0.324 e. The maximum atomic E-state index is 6.29. The Morgan fingerprint density at radius 3 is 2.24 bits per heavy atom. The molecule has 1 aliphatic rings. The predicted molar refractivity (Wildman–Crippen MR) is 74.0 cm³/mol. The molecule has 1 aliphatic carbocycles. The Bertz CT molecular complexity index is 360. The Hall–Kier alpha value is -0.820. The van der Waals surface area contributed by atoms with Crippen molar-refractivity contribution in [1.29, 1.82) is 0 Å². The van der Waals surface area contributed by atoms with Crippen molar-refractivity contribution in [2.75, 3.05) is 0 Å². The van der Waals surface area contributed by atoms with E-state index in [-0.39, 0.29) is 11.5 Å². The average Bonchev–Trinajstić information content (AvgIpc) is 2.27. The zero-order valence-electron chi connectivity index (χ0n) is 11.4. The molecule has 94 valence electrons. The molecular weight excluding hydrogens is 206 g/mol. The van der Waals surface area contributed by atoms with Crippen LogP contribution in [0.25, 0.3) is 0 Å². The number of rotatable bonds is 4. The molecule has 0 saturated heterocycles. The van der Waals surface area contributed by atoms with Crippen LogP contribution in [0.5, 0.6) is 0 Å². The van der Waals surface area contributed by atoms with Gasteiger partial charge in [0, 0.05) is 6.04 Å². The van der Waals surface area contributed by atoms with Gasteiger partial charge in [0.25, 0.3) is 0 Å². The number of hydrogen-bond donors (Lipinski definition) is 1. The normalized spacial score (nSPS) is 18.8. The summed E-state index contributed by atoms with van der Waals surface area (Å²) >= 11 is 0. The van der Waals surface area contributed by atoms with Crippen molar-refractivity contribution in [1.82, 2.24) is 0 Å². The van der Waals surface area contributed by atoms with Gasteiger partial charge in [0.15, 0.2) is 0 Å². The van der Waals surface area contributed by atoms with E-state index in [1.54, 1.807) is 0 Å². The first kappa shape index (κ1) is 12.6. The third kappa shape index (κ3) is 2.55. The standard InChI is InChI=1S/C16H25N/c1-4-16(2,3)14-10-8-13(9-11-14)15(17)12-6-5-7-12/h8-12,15H,4-7,17H2,1-3H3. The molecule has 0 heterocycles. The van der Waals surface area contributed by atoms with Gasteiger partial charge in [-0.25, -0.2) is 0 Å². The molecule has 0 spiro atoms. The molecule has 1 heteroatoms. The molecule has 17 heavy (non-hydrogen) atoms. The number of hydrogen-bond acceptors (Lipinski definition) is 1. The molecule has 0 amide bonds. The Balaban J connectivity index is 2.12. The molecule has 1 aromatic carbocycles. The summed E-state index contributed by atoms with van der Waals surface area (Å²) in [6, 6.07) is 9.24. The summed E-state index contributed by atoms with van der Waals surface area (Å²) in [6.07, 6.45) is 5.15. The fraction of sp³-hybridized carbons (Fsp3) is 0.625. The second-order valence-electron chi connectivity index (χ2n) is 6.08. The van der Waals surface area contributed by atoms with Crippen LogP contribution >= 0.6 is 0 Å². The van der Waals surface area contributed by atoms with Crippen LogP contribution in [0.4, 0.5) is 0 Å². The second-order valence-corrected chi connectivity index (χ2v) is 6.08. The van der Waals surface area contributed by atoms with Crippen molar-refractivity contribution in [3.63, 3.8) is 0 Å². The van der Waals surface area contributed by atoms with Crippen LogP contribution in [0, 0.1) is 5.92 Å². The maximum Gasteiger partial charge on any atom is 0.0323 e. The van der Waals surface area contributed by atoms with Crippen molar-refractivity contribution in [2.45, 2.75) is 57.9 Å². The van der Waals surface area contributed by atoms with Crippen molar-refractivity contribution in [3.05, 3.63) is 35.4 Å². The monoisotopic (exact) mass is 231 g/mol. The van der Waals surface area contributed by atoms with E-state index in [4.69, 9.17) is 5.73 Å². The lowest BCUT2D eigenvalue weighted by atomic mass is 9.76. The van der Waals surface area contributed by atoms with Crippen molar-refractivity contribution < 1.29 is 0 Å². The highest BCUT2D eigenvalue weighted by atomic mass is 14.7. The van der Waals surface area contributed by atoms with Gasteiger partial charge in [-0.3, -0.25) is 0 Å². The first-order valence-corrected chi connectivity index (χ1v) is 6.90. The molecule has 0 radical (unpaired) electrons. The molecule has 2 rings (SSSR count). The third-order valence-electron chi connectivity index (χ3n) is 4.62. The summed E-state index contributed by atoms with van der Waals surface area (Å²) in [7, 11) is 0. The largest absolute Gasteiger partial charge is 0.324 e. The lowest BCUT2D eigenvalue weighted by Crippen LogP contribution is -2.27. The molecule has 1 unspecified atom stereocenters. The molecule has 1 atom stereocenters. The molecule has 0 bridgehead atoms. The van der Waals surface area contributed by atoms with Gasteiger partial charge in [-0.1, -0.05) is 51.5 Å². The smallest absolute Gasteiger partial charge is 0.0323 e. The fourth-order valence-corrected chi connectivity index (χ4v) is 2.43. The zero-order valence-corrected chi connectivity index (χ0v) is 11.4. The zero-order chi connectivity index (χ0) is 12.5. The Kier molecular flexibility index (Phi) is 3.58. The van der Waals surface area contributed by atoms with Gasteiger partial charge >= 0.3 is 0 Å². The minimum atomic E-state index is 0.252. The second kappa shape index (κ2) is 4.81. The topological polar surface area (TPSA) is 26.0 Å². The Labute approximate surface area is 105 Å². The summed E-state index contributed by atoms with van der Waals surface area (Å²) in [5, 5.41) is 0. The lowest BCUT2D eigenvalue weighted by Gasteiger charge is -2.32. The highest BCUT2D eigenvalue weighted by Crippen LogP contribution is 2.36. The van der Waals surface area contributed by atoms with Crippen LogP contribution in [-0.4, -0.2) is 0 Å². The van der Waals surface area contributed by atoms with Crippen LogP contribution in [0.15, 0.2) is 24.3 Å². The van der Waals surface area contributed by atoms with E-state index in [1.165, 1.54) is 36.8 Å². The van der Waals surface area contributed by atoms with Crippen molar-refractivity contribution in [3.8, 4) is 0 Å². The van der Waals surface area contributed by atoms with Crippen LogP contribution < -0.4 is 5.73 Å². The number of benzene rings is 1. The van der Waals surface area contributed by atoms with Crippen LogP contribution in [0.3, 0.4) is 0 Å². The summed E-state index contributed by atoms with van der Waals surface area (Å²) < 4.78 is 0. The summed E-state index contributed by atoms with van der Waals surface area (Å²) in [5.74, 6) is 0.722. The summed E-state index contributed by atoms with van der Waals surface area (Å²) in [6.45, 7) is 6.84. The lowest BCUT2D eigenvalue weighted by molar-refractivity contribution is 0.264. The van der Waals surface area contributed by atoms with E-state index in [2.05, 4.69) is 45.0 Å². The van der Waals surface area contributed by atoms with Gasteiger partial charge in [0.2, 0.25) is 0 Å². The Morgan fingerprint density at radius 1 is 1.24 bits per heavy atom. The predicted octanol–water partition coefficient (Wildman–Crippen LogP) is 4.17. The molecule has 0 aromatic heterocycles. The number of nitrogens with two attached hydrogens (primary N) is 1. The SMILES string of the molecule is CCC(C)(C)c1ccc(C(N)C2CCC2)cc1. The highest BCUT2D eigenvalue weighted by molar-refractivity contribution is 5.30. The first-order valence-electron chi connectivity index (χ1n) is 6.90. The van der Waals surface area contributed by atoms with E-state index < -0.39 is 0 Å². The van der Waals surface area contributed by atoms with E-state index >= 15 is 0 Å². The molecule has 1 nitrogen and oxygen atoms in total. The van der Waals surface area contributed by atoms with Gasteiger partial charge in [-0.2, -0.15) is 0 Å². The molecule has 2 N–H and O–H groups in total. The van der Waals surface area contributed by atoms with Gasteiger partial charge in [-0.15, -0.1) is 0 Å². The molecular formula is C16H25N. The van der Waals surface area contributed by atoms with Gasteiger partial charge in [0.05, 0.1) is 0 Å². The van der Waals surface area contributed by atoms with E-state index in [9.17, 15) is 0 Å². The molecule has 0 aliphatic heterocycles. The van der Waals surface area contributed by atoms with Gasteiger partial charge < -0.3 is 5.73 Å². The van der Waals surface area contributed by atoms with Crippen molar-refractivity contribution >= 4 is 0 Å². The van der Waals surface area contributed by atoms with E-state index in [0.717, 1.165) is 5.92 Å². The van der Waals surface area contributed by atoms with Gasteiger partial charge in [0.1, 0.15) is 0 Å².